The average molecular weight is 442 g/mol. The monoisotopic (exact) mass is 441 g/mol. The molecule has 4 aromatic rings. The van der Waals surface area contributed by atoms with Crippen molar-refractivity contribution in [1.82, 2.24) is 9.97 Å². The van der Waals surface area contributed by atoms with Gasteiger partial charge in [0, 0.05) is 23.5 Å². The van der Waals surface area contributed by atoms with Crippen LogP contribution in [-0.4, -0.2) is 15.9 Å². The number of benzene rings is 2. The van der Waals surface area contributed by atoms with Gasteiger partial charge in [0.25, 0.3) is 0 Å². The zero-order valence-electron chi connectivity index (χ0n) is 17.4. The van der Waals surface area contributed by atoms with Crippen LogP contribution in [0.25, 0.3) is 10.2 Å². The molecule has 2 heterocycles. The van der Waals surface area contributed by atoms with E-state index >= 15 is 0 Å². The molecule has 8 heteroatoms. The summed E-state index contributed by atoms with van der Waals surface area (Å²) in [6, 6.07) is 18.2. The van der Waals surface area contributed by atoms with E-state index in [-0.39, 0.29) is 5.91 Å². The average Bonchev–Trinajstić information content (AvgIpc) is 3.22. The number of allylic oxidation sites excluding steroid dienone is 1. The van der Waals surface area contributed by atoms with E-state index in [1.807, 2.05) is 31.4 Å². The number of carbonyl (C=O) groups is 1. The fourth-order valence-corrected chi connectivity index (χ4v) is 3.70. The Morgan fingerprint density at radius 2 is 1.91 bits per heavy atom. The molecule has 32 heavy (non-hydrogen) atoms. The first-order chi connectivity index (χ1) is 15.5. The summed E-state index contributed by atoms with van der Waals surface area (Å²) in [5.41, 5.74) is 3.51. The molecule has 7 nitrogen and oxygen atoms in total. The van der Waals surface area contributed by atoms with Crippen LogP contribution >= 0.6 is 11.3 Å². The van der Waals surface area contributed by atoms with Crippen LogP contribution in [0.2, 0.25) is 0 Å². The first-order valence-corrected chi connectivity index (χ1v) is 10.6. The van der Waals surface area contributed by atoms with Gasteiger partial charge in [-0.1, -0.05) is 17.7 Å². The topological polar surface area (TPSA) is 99.9 Å². The zero-order chi connectivity index (χ0) is 22.5. The largest absolute Gasteiger partial charge is 0.437 e. The Balaban J connectivity index is 1.61. The maximum absolute atomic E-state index is 12.0. The molecule has 4 rings (SSSR count). The third-order valence-electron chi connectivity index (χ3n) is 4.26. The Morgan fingerprint density at radius 3 is 2.72 bits per heavy atom. The molecular formula is C24H19N5O2S. The second kappa shape index (κ2) is 9.29. The van der Waals surface area contributed by atoms with Crippen LogP contribution in [0, 0.1) is 11.3 Å². The Bertz CT molecular complexity index is 1370. The molecule has 0 radical (unpaired) electrons. The van der Waals surface area contributed by atoms with Crippen molar-refractivity contribution < 1.29 is 9.53 Å². The summed E-state index contributed by atoms with van der Waals surface area (Å²) in [7, 11) is 0. The smallest absolute Gasteiger partial charge is 0.248 e. The molecule has 0 spiro atoms. The molecule has 2 aromatic heterocycles. The maximum atomic E-state index is 12.0. The van der Waals surface area contributed by atoms with E-state index in [2.05, 4.69) is 26.7 Å². The minimum Gasteiger partial charge on any atom is -0.437 e. The van der Waals surface area contributed by atoms with Crippen LogP contribution in [0.5, 0.6) is 11.6 Å². The Labute approximate surface area is 189 Å². The van der Waals surface area contributed by atoms with Crippen LogP contribution in [-0.2, 0) is 4.79 Å². The number of hydrogen-bond donors (Lipinski definition) is 2. The van der Waals surface area contributed by atoms with Gasteiger partial charge in [0.05, 0.1) is 17.1 Å². The Morgan fingerprint density at radius 1 is 1.09 bits per heavy atom. The second-order valence-corrected chi connectivity index (χ2v) is 8.06. The lowest BCUT2D eigenvalue weighted by Gasteiger charge is -2.10. The van der Waals surface area contributed by atoms with E-state index in [0.717, 1.165) is 15.8 Å². The van der Waals surface area contributed by atoms with Crippen molar-refractivity contribution in [2.45, 2.75) is 13.8 Å². The van der Waals surface area contributed by atoms with E-state index in [1.165, 1.54) is 17.4 Å². The standard InChI is InChI=1S/C24H19N5O2S/c1-15(2)11-21(30)26-18-7-4-8-19(13-18)31-23-22-20(9-10-32-22)28-24(29-23)27-17-6-3-5-16(12-17)14-25/h3-13H,1-2H3,(H,26,30)(H,27,28,29). The van der Waals surface area contributed by atoms with Crippen LogP contribution < -0.4 is 15.4 Å². The van der Waals surface area contributed by atoms with E-state index in [9.17, 15) is 4.79 Å². The predicted molar refractivity (Wildman–Crippen MR) is 126 cm³/mol. The summed E-state index contributed by atoms with van der Waals surface area (Å²) in [5, 5.41) is 17.0. The summed E-state index contributed by atoms with van der Waals surface area (Å²) < 4.78 is 6.88. The van der Waals surface area contributed by atoms with E-state index < -0.39 is 0 Å². The van der Waals surface area contributed by atoms with Gasteiger partial charge in [-0.3, -0.25) is 4.79 Å². The molecule has 0 bridgehead atoms. The van der Waals surface area contributed by atoms with Crippen molar-refractivity contribution in [2.75, 3.05) is 10.6 Å². The van der Waals surface area contributed by atoms with Gasteiger partial charge in [0.15, 0.2) is 0 Å². The second-order valence-electron chi connectivity index (χ2n) is 7.15. The zero-order valence-corrected chi connectivity index (χ0v) is 18.2. The van der Waals surface area contributed by atoms with E-state index in [1.54, 1.807) is 42.5 Å². The summed E-state index contributed by atoms with van der Waals surface area (Å²) in [4.78, 5) is 21.1. The number of carbonyl (C=O) groups excluding carboxylic acids is 1. The number of nitriles is 1. The number of rotatable bonds is 6. The normalized spacial score (nSPS) is 10.3. The minimum atomic E-state index is -0.198. The van der Waals surface area contributed by atoms with Gasteiger partial charge in [-0.15, -0.1) is 11.3 Å². The van der Waals surface area contributed by atoms with Crippen molar-refractivity contribution in [1.29, 1.82) is 5.26 Å². The molecule has 0 saturated carbocycles. The highest BCUT2D eigenvalue weighted by atomic mass is 32.1. The molecule has 2 aromatic carbocycles. The highest BCUT2D eigenvalue weighted by Crippen LogP contribution is 2.33. The number of fused-ring (bicyclic) bond motifs is 1. The summed E-state index contributed by atoms with van der Waals surface area (Å²) in [6.07, 6.45) is 1.53. The number of nitrogens with zero attached hydrogens (tertiary/aromatic N) is 3. The minimum absolute atomic E-state index is 0.198. The number of aromatic nitrogens is 2. The summed E-state index contributed by atoms with van der Waals surface area (Å²) in [6.45, 7) is 3.73. The predicted octanol–water partition coefficient (Wildman–Crippen LogP) is 6.00. The van der Waals surface area contributed by atoms with Crippen LogP contribution in [0.1, 0.15) is 19.4 Å². The number of nitrogens with one attached hydrogen (secondary N) is 2. The fraction of sp³-hybridized carbons (Fsp3) is 0.0833. The Hall–Kier alpha value is -4.22. The molecule has 1 amide bonds. The summed E-state index contributed by atoms with van der Waals surface area (Å²) in [5.74, 6) is 1.09. The van der Waals surface area contributed by atoms with Crippen LogP contribution in [0.3, 0.4) is 0 Å². The molecule has 0 aliphatic heterocycles. The SMILES string of the molecule is CC(C)=CC(=O)Nc1cccc(Oc2nc(Nc3cccc(C#N)c3)nc3ccsc23)c1. The first-order valence-electron chi connectivity index (χ1n) is 9.76. The lowest BCUT2D eigenvalue weighted by Crippen LogP contribution is -2.08. The maximum Gasteiger partial charge on any atom is 0.248 e. The number of thiophene rings is 1. The Kier molecular flexibility index (Phi) is 6.10. The molecule has 0 aliphatic carbocycles. The van der Waals surface area contributed by atoms with Gasteiger partial charge in [-0.25, -0.2) is 4.98 Å². The van der Waals surface area contributed by atoms with Gasteiger partial charge < -0.3 is 15.4 Å². The fourth-order valence-electron chi connectivity index (χ4n) is 2.95. The summed E-state index contributed by atoms with van der Waals surface area (Å²) >= 11 is 1.48. The number of anilines is 3. The molecule has 2 N–H and O–H groups in total. The molecule has 0 unspecified atom stereocenters. The van der Waals surface area contributed by atoms with Crippen molar-refractivity contribution in [3.05, 3.63) is 77.2 Å². The lowest BCUT2D eigenvalue weighted by molar-refractivity contribution is -0.111. The highest BCUT2D eigenvalue weighted by molar-refractivity contribution is 7.17. The van der Waals surface area contributed by atoms with Crippen LogP contribution in [0.15, 0.2) is 71.6 Å². The molecule has 0 saturated heterocycles. The van der Waals surface area contributed by atoms with Crippen molar-refractivity contribution in [3.8, 4) is 17.7 Å². The highest BCUT2D eigenvalue weighted by Gasteiger charge is 2.12. The van der Waals surface area contributed by atoms with Crippen molar-refractivity contribution >= 4 is 44.8 Å². The molecular weight excluding hydrogens is 422 g/mol. The molecule has 0 atom stereocenters. The van der Waals surface area contributed by atoms with E-state index in [4.69, 9.17) is 10.00 Å². The van der Waals surface area contributed by atoms with Gasteiger partial charge in [0.2, 0.25) is 17.7 Å². The van der Waals surface area contributed by atoms with Crippen molar-refractivity contribution in [2.24, 2.45) is 0 Å². The number of amides is 1. The molecule has 158 valence electrons. The third-order valence-corrected chi connectivity index (χ3v) is 5.15. The lowest BCUT2D eigenvalue weighted by atomic mass is 10.2. The van der Waals surface area contributed by atoms with Crippen molar-refractivity contribution in [3.63, 3.8) is 0 Å². The molecule has 0 aliphatic rings. The van der Waals surface area contributed by atoms with Gasteiger partial charge in [0.1, 0.15) is 10.4 Å². The van der Waals surface area contributed by atoms with E-state index in [0.29, 0.717) is 34.5 Å². The quantitative estimate of drug-likeness (QED) is 0.356. The number of ether oxygens (including phenoxy) is 1. The first kappa shape index (κ1) is 21.0. The van der Waals surface area contributed by atoms with Gasteiger partial charge in [-0.2, -0.15) is 10.2 Å². The van der Waals surface area contributed by atoms with Gasteiger partial charge in [-0.05, 0) is 55.6 Å². The molecule has 0 fully saturated rings. The van der Waals surface area contributed by atoms with Crippen LogP contribution in [0.4, 0.5) is 17.3 Å². The van der Waals surface area contributed by atoms with Gasteiger partial charge >= 0.3 is 0 Å². The number of hydrogen-bond acceptors (Lipinski definition) is 7. The third kappa shape index (κ3) is 5.09.